The summed E-state index contributed by atoms with van der Waals surface area (Å²) in [5.74, 6) is 0.918. The lowest BCUT2D eigenvalue weighted by atomic mass is 9.75. The van der Waals surface area contributed by atoms with Crippen LogP contribution < -0.4 is 0 Å². The molecule has 1 aromatic carbocycles. The molecule has 19 heavy (non-hydrogen) atoms. The highest BCUT2D eigenvalue weighted by atomic mass is 32.1. The SMILES string of the molecule is O=C(CCCc1cccs1)CC1Cc2ccccc21. The van der Waals surface area contributed by atoms with Crippen LogP contribution in [0.2, 0.25) is 0 Å². The first-order chi connectivity index (χ1) is 9.33. The molecule has 0 N–H and O–H groups in total. The van der Waals surface area contributed by atoms with E-state index in [0.717, 1.165) is 32.1 Å². The molecule has 98 valence electrons. The lowest BCUT2D eigenvalue weighted by Crippen LogP contribution is -2.20. The molecular formula is C17H18OS. The van der Waals surface area contributed by atoms with E-state index in [0.29, 0.717) is 11.7 Å². The van der Waals surface area contributed by atoms with Crippen LogP contribution in [0.3, 0.4) is 0 Å². The average molecular weight is 270 g/mol. The first-order valence-electron chi connectivity index (χ1n) is 6.95. The summed E-state index contributed by atoms with van der Waals surface area (Å²) in [6.07, 6.45) is 4.60. The van der Waals surface area contributed by atoms with Crippen molar-refractivity contribution in [2.75, 3.05) is 0 Å². The molecule has 0 amide bonds. The van der Waals surface area contributed by atoms with E-state index >= 15 is 0 Å². The number of carbonyl (C=O) groups excluding carboxylic acids is 1. The third-order valence-corrected chi connectivity index (χ3v) is 4.83. The molecule has 1 nitrogen and oxygen atoms in total. The number of hydrogen-bond donors (Lipinski definition) is 0. The zero-order valence-electron chi connectivity index (χ0n) is 11.0. The predicted octanol–water partition coefficient (Wildman–Crippen LogP) is 4.37. The Kier molecular flexibility index (Phi) is 3.79. The Balaban J connectivity index is 1.43. The third kappa shape index (κ3) is 2.95. The number of benzene rings is 1. The number of ketones is 1. The number of hydrogen-bond acceptors (Lipinski definition) is 2. The molecule has 0 fully saturated rings. The molecule has 0 saturated heterocycles. The minimum atomic E-state index is 0.427. The minimum absolute atomic E-state index is 0.427. The summed E-state index contributed by atoms with van der Waals surface area (Å²) in [5.41, 5.74) is 2.83. The largest absolute Gasteiger partial charge is 0.300 e. The van der Waals surface area contributed by atoms with Gasteiger partial charge in [-0.15, -0.1) is 11.3 Å². The molecule has 0 radical (unpaired) electrons. The number of thiophene rings is 1. The molecule has 3 rings (SSSR count). The number of carbonyl (C=O) groups is 1. The molecule has 2 heteroatoms. The maximum atomic E-state index is 12.0. The van der Waals surface area contributed by atoms with E-state index in [-0.39, 0.29) is 0 Å². The zero-order chi connectivity index (χ0) is 13.1. The highest BCUT2D eigenvalue weighted by molar-refractivity contribution is 7.09. The molecule has 1 aromatic heterocycles. The van der Waals surface area contributed by atoms with Crippen LogP contribution in [0.5, 0.6) is 0 Å². The monoisotopic (exact) mass is 270 g/mol. The molecule has 0 spiro atoms. The Bertz CT molecular complexity index is 556. The highest BCUT2D eigenvalue weighted by Crippen LogP contribution is 2.37. The number of aryl methyl sites for hydroxylation is 1. The van der Waals surface area contributed by atoms with Gasteiger partial charge < -0.3 is 0 Å². The van der Waals surface area contributed by atoms with Gasteiger partial charge >= 0.3 is 0 Å². The van der Waals surface area contributed by atoms with Gasteiger partial charge in [0.15, 0.2) is 0 Å². The summed E-state index contributed by atoms with van der Waals surface area (Å²) < 4.78 is 0. The second kappa shape index (κ2) is 5.70. The molecule has 1 heterocycles. The lowest BCUT2D eigenvalue weighted by Gasteiger charge is -2.29. The predicted molar refractivity (Wildman–Crippen MR) is 79.8 cm³/mol. The lowest BCUT2D eigenvalue weighted by molar-refractivity contribution is -0.119. The van der Waals surface area contributed by atoms with E-state index in [9.17, 15) is 4.79 Å². The Morgan fingerprint density at radius 3 is 2.89 bits per heavy atom. The van der Waals surface area contributed by atoms with Crippen molar-refractivity contribution < 1.29 is 4.79 Å². The second-order valence-electron chi connectivity index (χ2n) is 5.28. The summed E-state index contributed by atoms with van der Waals surface area (Å²) in [6, 6.07) is 12.7. The highest BCUT2D eigenvalue weighted by Gasteiger charge is 2.26. The van der Waals surface area contributed by atoms with E-state index in [1.54, 1.807) is 11.3 Å². The van der Waals surface area contributed by atoms with Crippen molar-refractivity contribution in [2.24, 2.45) is 0 Å². The fraction of sp³-hybridized carbons (Fsp3) is 0.353. The van der Waals surface area contributed by atoms with Gasteiger partial charge in [-0.05, 0) is 47.8 Å². The maximum absolute atomic E-state index is 12.0. The molecule has 2 aromatic rings. The topological polar surface area (TPSA) is 17.1 Å². The van der Waals surface area contributed by atoms with Crippen LogP contribution in [-0.2, 0) is 17.6 Å². The second-order valence-corrected chi connectivity index (χ2v) is 6.31. The third-order valence-electron chi connectivity index (χ3n) is 3.89. The van der Waals surface area contributed by atoms with Crippen LogP contribution in [0, 0.1) is 0 Å². The van der Waals surface area contributed by atoms with Gasteiger partial charge in [-0.2, -0.15) is 0 Å². The van der Waals surface area contributed by atoms with Crippen molar-refractivity contribution in [1.82, 2.24) is 0 Å². The van der Waals surface area contributed by atoms with Gasteiger partial charge in [-0.1, -0.05) is 30.3 Å². The number of rotatable bonds is 6. The van der Waals surface area contributed by atoms with E-state index in [2.05, 4.69) is 41.8 Å². The van der Waals surface area contributed by atoms with E-state index in [1.807, 2.05) is 0 Å². The van der Waals surface area contributed by atoms with Crippen LogP contribution in [0.15, 0.2) is 41.8 Å². The Labute approximate surface area is 118 Å². The van der Waals surface area contributed by atoms with Crippen LogP contribution in [0.1, 0.15) is 41.2 Å². The zero-order valence-corrected chi connectivity index (χ0v) is 11.8. The van der Waals surface area contributed by atoms with Gasteiger partial charge in [-0.3, -0.25) is 4.79 Å². The molecule has 1 aliphatic carbocycles. The quantitative estimate of drug-likeness (QED) is 0.761. The Morgan fingerprint density at radius 2 is 2.11 bits per heavy atom. The summed E-state index contributed by atoms with van der Waals surface area (Å²) in [5, 5.41) is 2.10. The average Bonchev–Trinajstić information content (AvgIpc) is 2.89. The molecular weight excluding hydrogens is 252 g/mol. The first kappa shape index (κ1) is 12.6. The van der Waals surface area contributed by atoms with Crippen molar-refractivity contribution in [3.05, 3.63) is 57.8 Å². The van der Waals surface area contributed by atoms with Crippen LogP contribution in [0.25, 0.3) is 0 Å². The molecule has 1 aliphatic rings. The van der Waals surface area contributed by atoms with E-state index in [4.69, 9.17) is 0 Å². The van der Waals surface area contributed by atoms with Crippen molar-refractivity contribution in [1.29, 1.82) is 0 Å². The van der Waals surface area contributed by atoms with Crippen LogP contribution >= 0.6 is 11.3 Å². The minimum Gasteiger partial charge on any atom is -0.300 e. The fourth-order valence-electron chi connectivity index (χ4n) is 2.84. The number of Topliss-reactive ketones (excluding diaryl/α,β-unsaturated/α-hetero) is 1. The van der Waals surface area contributed by atoms with Crippen molar-refractivity contribution in [2.45, 2.75) is 38.0 Å². The van der Waals surface area contributed by atoms with Gasteiger partial charge in [0, 0.05) is 17.7 Å². The van der Waals surface area contributed by atoms with Crippen LogP contribution in [-0.4, -0.2) is 5.78 Å². The van der Waals surface area contributed by atoms with E-state index in [1.165, 1.54) is 16.0 Å². The smallest absolute Gasteiger partial charge is 0.133 e. The van der Waals surface area contributed by atoms with Crippen molar-refractivity contribution in [3.63, 3.8) is 0 Å². The Hall–Kier alpha value is -1.41. The van der Waals surface area contributed by atoms with Gasteiger partial charge in [0.1, 0.15) is 5.78 Å². The molecule has 0 bridgehead atoms. The summed E-state index contributed by atoms with van der Waals surface area (Å²) in [4.78, 5) is 13.4. The van der Waals surface area contributed by atoms with E-state index < -0.39 is 0 Å². The molecule has 0 aliphatic heterocycles. The molecule has 1 unspecified atom stereocenters. The normalized spacial score (nSPS) is 16.7. The standard InChI is InChI=1S/C17H18OS/c18-15(6-3-7-16-8-4-10-19-16)12-14-11-13-5-1-2-9-17(13)14/h1-2,4-5,8-10,14H,3,6-7,11-12H2. The number of fused-ring (bicyclic) bond motifs is 1. The van der Waals surface area contributed by atoms with Gasteiger partial charge in [0.25, 0.3) is 0 Å². The maximum Gasteiger partial charge on any atom is 0.133 e. The summed E-state index contributed by atoms with van der Waals surface area (Å²) in [7, 11) is 0. The summed E-state index contributed by atoms with van der Waals surface area (Å²) in [6.45, 7) is 0. The molecule has 0 saturated carbocycles. The fourth-order valence-corrected chi connectivity index (χ4v) is 3.59. The summed E-state index contributed by atoms with van der Waals surface area (Å²) >= 11 is 1.78. The Morgan fingerprint density at radius 1 is 1.21 bits per heavy atom. The van der Waals surface area contributed by atoms with Gasteiger partial charge in [0.05, 0.1) is 0 Å². The first-order valence-corrected chi connectivity index (χ1v) is 7.83. The van der Waals surface area contributed by atoms with Crippen molar-refractivity contribution in [3.8, 4) is 0 Å². The van der Waals surface area contributed by atoms with Crippen molar-refractivity contribution >= 4 is 17.1 Å². The van der Waals surface area contributed by atoms with Crippen LogP contribution in [0.4, 0.5) is 0 Å². The van der Waals surface area contributed by atoms with Gasteiger partial charge in [-0.25, -0.2) is 0 Å². The molecule has 1 atom stereocenters. The van der Waals surface area contributed by atoms with Gasteiger partial charge in [0.2, 0.25) is 0 Å².